The van der Waals surface area contributed by atoms with E-state index in [1.54, 1.807) is 13.0 Å². The number of rotatable bonds is 28. The van der Waals surface area contributed by atoms with Crippen molar-refractivity contribution >= 4 is 5.91 Å². The third-order valence-corrected chi connectivity index (χ3v) is 9.95. The number of nitrogens with one attached hydrogen (secondary N) is 1. The van der Waals surface area contributed by atoms with Crippen LogP contribution < -0.4 is 5.32 Å². The van der Waals surface area contributed by atoms with Crippen molar-refractivity contribution in [3.8, 4) is 0 Å². The first-order valence-corrected chi connectivity index (χ1v) is 20.1. The molecule has 2 fully saturated rings. The molecule has 0 aromatic carbocycles. The molecule has 0 radical (unpaired) electrons. The molecule has 2 aliphatic rings. The van der Waals surface area contributed by atoms with Gasteiger partial charge in [-0.15, -0.1) is 0 Å². The lowest BCUT2D eigenvalue weighted by atomic mass is 9.97. The molecule has 2 saturated heterocycles. The van der Waals surface area contributed by atoms with Crippen molar-refractivity contribution in [1.29, 1.82) is 0 Å². The summed E-state index contributed by atoms with van der Waals surface area (Å²) < 4.78 is 22.2. The number of hydrogen-bond acceptors (Lipinski definition) is 13. The van der Waals surface area contributed by atoms with Crippen LogP contribution in [-0.4, -0.2) is 140 Å². The molecule has 0 bridgehead atoms. The van der Waals surface area contributed by atoms with E-state index in [0.717, 1.165) is 12.8 Å². The third kappa shape index (κ3) is 17.4. The average molecular weight is 762 g/mol. The number of carbonyl (C=O) groups is 1. The van der Waals surface area contributed by atoms with Crippen LogP contribution >= 0.6 is 0 Å². The average Bonchev–Trinajstić information content (AvgIpc) is 3.16. The van der Waals surface area contributed by atoms with Crippen LogP contribution in [0.2, 0.25) is 0 Å². The second-order valence-corrected chi connectivity index (χ2v) is 14.4. The van der Waals surface area contributed by atoms with E-state index in [-0.39, 0.29) is 18.9 Å². The van der Waals surface area contributed by atoms with Gasteiger partial charge in [-0.05, 0) is 25.7 Å². The van der Waals surface area contributed by atoms with Gasteiger partial charge in [-0.2, -0.15) is 0 Å². The molecule has 0 aliphatic carbocycles. The summed E-state index contributed by atoms with van der Waals surface area (Å²) in [4.78, 5) is 12.2. The number of aliphatic hydroxyl groups is 8. The van der Waals surface area contributed by atoms with E-state index in [2.05, 4.69) is 24.4 Å². The molecule has 12 atom stereocenters. The molecule has 14 heteroatoms. The zero-order valence-electron chi connectivity index (χ0n) is 32.0. The summed E-state index contributed by atoms with van der Waals surface area (Å²) in [5.41, 5.74) is 0. The molecule has 2 rings (SSSR count). The summed E-state index contributed by atoms with van der Waals surface area (Å²) in [5.74, 6) is -0.339. The maximum absolute atomic E-state index is 12.2. The van der Waals surface area contributed by atoms with Crippen molar-refractivity contribution in [2.45, 2.75) is 197 Å². The number of unbranched alkanes of at least 4 members (excludes halogenated alkanes) is 14. The van der Waals surface area contributed by atoms with Gasteiger partial charge in [0.15, 0.2) is 12.6 Å². The van der Waals surface area contributed by atoms with E-state index in [1.165, 1.54) is 83.5 Å². The van der Waals surface area contributed by atoms with Crippen LogP contribution in [0.25, 0.3) is 0 Å². The molecule has 0 aromatic heterocycles. The summed E-state index contributed by atoms with van der Waals surface area (Å²) in [5, 5.41) is 85.1. The fraction of sp³-hybridized carbons (Fsp3) is 0.872. The minimum Gasteiger partial charge on any atom is -0.394 e. The van der Waals surface area contributed by atoms with Crippen molar-refractivity contribution in [2.24, 2.45) is 0 Å². The number of aliphatic hydroxyl groups excluding tert-OH is 8. The number of hydrogen-bond donors (Lipinski definition) is 9. The molecule has 12 unspecified atom stereocenters. The predicted octanol–water partition coefficient (Wildman–Crippen LogP) is 2.26. The molecule has 1 amide bonds. The lowest BCUT2D eigenvalue weighted by Gasteiger charge is -2.46. The van der Waals surface area contributed by atoms with Crippen molar-refractivity contribution in [3.05, 3.63) is 24.3 Å². The van der Waals surface area contributed by atoms with Crippen LogP contribution in [0.5, 0.6) is 0 Å². The molecule has 0 spiro atoms. The summed E-state index contributed by atoms with van der Waals surface area (Å²) in [7, 11) is 0. The molecule has 53 heavy (non-hydrogen) atoms. The molecule has 310 valence electrons. The van der Waals surface area contributed by atoms with Crippen LogP contribution in [-0.2, 0) is 23.7 Å². The Hall–Kier alpha value is -1.53. The molecule has 0 saturated carbocycles. The Morgan fingerprint density at radius 2 is 1.19 bits per heavy atom. The van der Waals surface area contributed by atoms with Gasteiger partial charge in [0.05, 0.1) is 32.0 Å². The highest BCUT2D eigenvalue weighted by atomic mass is 16.7. The maximum Gasteiger partial charge on any atom is 0.220 e. The van der Waals surface area contributed by atoms with Crippen LogP contribution in [0, 0.1) is 0 Å². The van der Waals surface area contributed by atoms with Gasteiger partial charge in [0.1, 0.15) is 48.8 Å². The quantitative estimate of drug-likeness (QED) is 0.0413. The number of amides is 1. The first-order valence-electron chi connectivity index (χ1n) is 20.1. The Kier molecular flexibility index (Phi) is 25.1. The van der Waals surface area contributed by atoms with Crippen molar-refractivity contribution in [1.82, 2.24) is 5.32 Å². The van der Waals surface area contributed by atoms with Gasteiger partial charge in [0.2, 0.25) is 5.91 Å². The van der Waals surface area contributed by atoms with E-state index in [4.69, 9.17) is 18.9 Å². The van der Waals surface area contributed by atoms with Crippen molar-refractivity contribution in [2.75, 3.05) is 19.8 Å². The van der Waals surface area contributed by atoms with Crippen LogP contribution in [0.4, 0.5) is 0 Å². The van der Waals surface area contributed by atoms with Gasteiger partial charge in [-0.1, -0.05) is 115 Å². The third-order valence-electron chi connectivity index (χ3n) is 9.95. The second kappa shape index (κ2) is 28.0. The lowest BCUT2D eigenvalue weighted by Crippen LogP contribution is -2.65. The van der Waals surface area contributed by atoms with Gasteiger partial charge in [-0.25, -0.2) is 0 Å². The SMILES string of the molecule is CCCCCCCCCCCCCCC/C=C/CC/C=C/C(O)C(COC1OC(CO)C(OC2OC(CO)C(O)C(O)C2O)C(O)C1O)NC(=O)CC. The van der Waals surface area contributed by atoms with Gasteiger partial charge < -0.3 is 65.1 Å². The molecular weight excluding hydrogens is 690 g/mol. The number of carbonyl (C=O) groups excluding carboxylic acids is 1. The predicted molar refractivity (Wildman–Crippen MR) is 198 cm³/mol. The topological polar surface area (TPSA) is 228 Å². The van der Waals surface area contributed by atoms with E-state index in [9.17, 15) is 45.6 Å². The van der Waals surface area contributed by atoms with Crippen LogP contribution in [0.3, 0.4) is 0 Å². The molecule has 9 N–H and O–H groups in total. The van der Waals surface area contributed by atoms with Gasteiger partial charge in [-0.3, -0.25) is 4.79 Å². The lowest BCUT2D eigenvalue weighted by molar-refractivity contribution is -0.359. The highest BCUT2D eigenvalue weighted by Crippen LogP contribution is 2.29. The number of ether oxygens (including phenoxy) is 4. The summed E-state index contributed by atoms with van der Waals surface area (Å²) in [6, 6.07) is -0.923. The summed E-state index contributed by atoms with van der Waals surface area (Å²) in [6.45, 7) is 2.17. The smallest absolute Gasteiger partial charge is 0.220 e. The van der Waals surface area contributed by atoms with Crippen molar-refractivity contribution < 1.29 is 64.6 Å². The first kappa shape index (κ1) is 47.6. The maximum atomic E-state index is 12.2. The second-order valence-electron chi connectivity index (χ2n) is 14.4. The summed E-state index contributed by atoms with van der Waals surface area (Å²) in [6.07, 6.45) is 10.7. The number of allylic oxidation sites excluding steroid dienone is 3. The first-order chi connectivity index (χ1) is 25.6. The Balaban J connectivity index is 1.74. The van der Waals surface area contributed by atoms with Crippen LogP contribution in [0.15, 0.2) is 24.3 Å². The highest BCUT2D eigenvalue weighted by Gasteiger charge is 2.50. The minimum atomic E-state index is -1.78. The van der Waals surface area contributed by atoms with Crippen LogP contribution in [0.1, 0.15) is 123 Å². The Morgan fingerprint density at radius 1 is 0.660 bits per heavy atom. The minimum absolute atomic E-state index is 0.155. The van der Waals surface area contributed by atoms with E-state index >= 15 is 0 Å². The molecule has 0 aromatic rings. The molecular formula is C39H71NO13. The van der Waals surface area contributed by atoms with Gasteiger partial charge in [0, 0.05) is 6.42 Å². The largest absolute Gasteiger partial charge is 0.394 e. The standard InChI is InChI=1S/C39H71NO13/c1-3-5-6-7-8-9-10-11-12-13-14-15-16-17-18-19-20-21-22-23-28(43)27(40-31(44)4-2)26-50-38-36(49)34(47)37(30(25-42)52-38)53-39-35(48)33(46)32(45)29(24-41)51-39/h18-19,22-23,27-30,32-39,41-43,45-49H,3-17,20-21,24-26H2,1-2H3,(H,40,44)/b19-18+,23-22+. The highest BCUT2D eigenvalue weighted by molar-refractivity contribution is 5.75. The molecule has 14 nitrogen and oxygen atoms in total. The summed E-state index contributed by atoms with van der Waals surface area (Å²) >= 11 is 0. The fourth-order valence-corrected chi connectivity index (χ4v) is 6.50. The zero-order chi connectivity index (χ0) is 39.0. The Bertz CT molecular complexity index is 998. The monoisotopic (exact) mass is 761 g/mol. The molecule has 2 heterocycles. The normalized spacial score (nSPS) is 30.6. The van der Waals surface area contributed by atoms with E-state index < -0.39 is 86.8 Å². The van der Waals surface area contributed by atoms with E-state index in [1.807, 2.05) is 6.08 Å². The Morgan fingerprint density at radius 3 is 1.77 bits per heavy atom. The fourth-order valence-electron chi connectivity index (χ4n) is 6.50. The molecule has 2 aliphatic heterocycles. The Labute approximate surface area is 316 Å². The van der Waals surface area contributed by atoms with Gasteiger partial charge in [0.25, 0.3) is 0 Å². The zero-order valence-corrected chi connectivity index (χ0v) is 32.0. The van der Waals surface area contributed by atoms with E-state index in [0.29, 0.717) is 6.42 Å². The van der Waals surface area contributed by atoms with Gasteiger partial charge >= 0.3 is 0 Å². The van der Waals surface area contributed by atoms with Crippen molar-refractivity contribution in [3.63, 3.8) is 0 Å².